The number of rotatable bonds is 8. The monoisotopic (exact) mass is 364 g/mol. The van der Waals surface area contributed by atoms with E-state index in [9.17, 15) is 24.6 Å². The summed E-state index contributed by atoms with van der Waals surface area (Å²) < 4.78 is 0. The number of hydrogen-bond acceptors (Lipinski definition) is 5. The maximum atomic E-state index is 12.4. The fourth-order valence-electron chi connectivity index (χ4n) is 2.96. The van der Waals surface area contributed by atoms with Gasteiger partial charge in [-0.05, 0) is 43.9 Å². The molecule has 1 atom stereocenters. The molecule has 134 valence electrons. The van der Waals surface area contributed by atoms with Gasteiger partial charge in [-0.3, -0.25) is 9.59 Å². The lowest BCUT2D eigenvalue weighted by atomic mass is 9.96. The molecule has 0 saturated heterocycles. The van der Waals surface area contributed by atoms with E-state index >= 15 is 0 Å². The molecule has 1 heterocycles. The number of benzene rings is 1. The van der Waals surface area contributed by atoms with E-state index in [-0.39, 0.29) is 17.8 Å². The number of Topliss-reactive ketones (excluding diaryl/α,β-unsaturated/α-hetero) is 1. The van der Waals surface area contributed by atoms with Gasteiger partial charge in [0.15, 0.2) is 11.5 Å². The maximum absolute atomic E-state index is 12.4. The van der Waals surface area contributed by atoms with E-state index in [1.54, 1.807) is 24.3 Å². The zero-order chi connectivity index (χ0) is 18.6. The molecule has 0 unspecified atom stereocenters. The van der Waals surface area contributed by atoms with Crippen LogP contribution in [0.25, 0.3) is 0 Å². The number of nitrogens with zero attached hydrogens (tertiary/aromatic N) is 1. The van der Waals surface area contributed by atoms with Crippen molar-refractivity contribution < 1.29 is 24.6 Å². The minimum Gasteiger partial charge on any atom is -0.550 e. The lowest BCUT2D eigenvalue weighted by Gasteiger charge is -2.26. The molecule has 0 aromatic heterocycles. The summed E-state index contributed by atoms with van der Waals surface area (Å²) in [4.78, 5) is 36.2. The van der Waals surface area contributed by atoms with Crippen LogP contribution in [0.2, 0.25) is 5.02 Å². The Morgan fingerprint density at radius 2 is 1.84 bits per heavy atom. The Morgan fingerprint density at radius 1 is 1.20 bits per heavy atom. The smallest absolute Gasteiger partial charge is 0.290 e. The first-order valence-electron chi connectivity index (χ1n) is 8.03. The maximum Gasteiger partial charge on any atom is 0.290 e. The minimum absolute atomic E-state index is 0.0310. The van der Waals surface area contributed by atoms with Crippen LogP contribution in [0.4, 0.5) is 0 Å². The molecule has 0 spiro atoms. The average molecular weight is 365 g/mol. The van der Waals surface area contributed by atoms with Crippen LogP contribution in [-0.4, -0.2) is 34.2 Å². The molecule has 0 aliphatic carbocycles. The number of aliphatic hydroxyl groups excluding tert-OH is 1. The Bertz CT molecular complexity index is 711. The number of carbonyl (C=O) groups is 3. The van der Waals surface area contributed by atoms with Crippen LogP contribution in [0.5, 0.6) is 0 Å². The van der Waals surface area contributed by atoms with Crippen molar-refractivity contribution in [1.29, 1.82) is 0 Å². The number of aliphatic hydroxyl groups is 1. The molecular weight excluding hydrogens is 346 g/mol. The van der Waals surface area contributed by atoms with Gasteiger partial charge in [-0.15, -0.1) is 0 Å². The summed E-state index contributed by atoms with van der Waals surface area (Å²) >= 11 is 5.89. The molecule has 1 aromatic carbocycles. The van der Waals surface area contributed by atoms with E-state index in [0.29, 0.717) is 36.4 Å². The van der Waals surface area contributed by atoms with Crippen molar-refractivity contribution in [3.8, 4) is 0 Å². The minimum atomic E-state index is -1.10. The van der Waals surface area contributed by atoms with Crippen molar-refractivity contribution in [3.63, 3.8) is 0 Å². The number of halogens is 1. The quantitative estimate of drug-likeness (QED) is 0.711. The Hall–Kier alpha value is -2.34. The molecule has 7 heteroatoms. The van der Waals surface area contributed by atoms with Gasteiger partial charge in [-0.2, -0.15) is 0 Å². The van der Waals surface area contributed by atoms with E-state index in [4.69, 9.17) is 11.6 Å². The van der Waals surface area contributed by atoms with E-state index in [1.807, 2.05) is 0 Å². The van der Waals surface area contributed by atoms with Crippen molar-refractivity contribution in [2.45, 2.75) is 38.6 Å². The van der Waals surface area contributed by atoms with E-state index in [1.165, 1.54) is 11.8 Å². The predicted molar refractivity (Wildman–Crippen MR) is 89.7 cm³/mol. The molecule has 0 saturated carbocycles. The third-order valence-corrected chi connectivity index (χ3v) is 4.40. The lowest BCUT2D eigenvalue weighted by molar-refractivity contribution is -0.305. The van der Waals surface area contributed by atoms with Crippen LogP contribution in [0.3, 0.4) is 0 Å². The highest BCUT2D eigenvalue weighted by molar-refractivity contribution is 6.30. The van der Waals surface area contributed by atoms with Gasteiger partial charge >= 0.3 is 0 Å². The Labute approximate surface area is 150 Å². The summed E-state index contributed by atoms with van der Waals surface area (Å²) in [5.74, 6) is -2.59. The molecule has 2 rings (SSSR count). The number of ketones is 1. The van der Waals surface area contributed by atoms with E-state index in [0.717, 1.165) is 0 Å². The van der Waals surface area contributed by atoms with Gasteiger partial charge in [0, 0.05) is 17.5 Å². The van der Waals surface area contributed by atoms with E-state index in [2.05, 4.69) is 0 Å². The normalized spacial score (nSPS) is 17.3. The number of carbonyl (C=O) groups excluding carboxylic acids is 3. The SMILES string of the molecule is CC(=O)C1=C(O)C(=O)N(CCCCCC(=O)[O-])[C@H]1c1ccc(Cl)cc1. The van der Waals surface area contributed by atoms with Gasteiger partial charge in [-0.1, -0.05) is 30.2 Å². The summed E-state index contributed by atoms with van der Waals surface area (Å²) in [6.45, 7) is 1.62. The van der Waals surface area contributed by atoms with Crippen LogP contribution >= 0.6 is 11.6 Å². The third-order valence-electron chi connectivity index (χ3n) is 4.15. The zero-order valence-electron chi connectivity index (χ0n) is 13.8. The second kappa shape index (κ2) is 8.16. The fraction of sp³-hybridized carbons (Fsp3) is 0.389. The molecule has 1 aliphatic rings. The van der Waals surface area contributed by atoms with Gasteiger partial charge in [0.05, 0.1) is 11.6 Å². The summed E-state index contributed by atoms with van der Waals surface area (Å²) in [5, 5.41) is 21.1. The van der Waals surface area contributed by atoms with Crippen molar-refractivity contribution in [1.82, 2.24) is 4.90 Å². The van der Waals surface area contributed by atoms with Crippen molar-refractivity contribution in [2.75, 3.05) is 6.54 Å². The van der Waals surface area contributed by atoms with Crippen molar-refractivity contribution >= 4 is 29.3 Å². The first kappa shape index (κ1) is 19.0. The van der Waals surface area contributed by atoms with Gasteiger partial charge in [0.25, 0.3) is 5.91 Å². The second-order valence-corrected chi connectivity index (χ2v) is 6.39. The van der Waals surface area contributed by atoms with Gasteiger partial charge in [-0.25, -0.2) is 0 Å². The summed E-state index contributed by atoms with van der Waals surface area (Å²) in [7, 11) is 0. The van der Waals surface area contributed by atoms with E-state index < -0.39 is 23.7 Å². The fourth-order valence-corrected chi connectivity index (χ4v) is 3.09. The molecule has 25 heavy (non-hydrogen) atoms. The van der Waals surface area contributed by atoms with Crippen molar-refractivity contribution in [2.24, 2.45) is 0 Å². The van der Waals surface area contributed by atoms with Gasteiger partial charge in [0.2, 0.25) is 0 Å². The largest absolute Gasteiger partial charge is 0.550 e. The molecule has 6 nitrogen and oxygen atoms in total. The standard InChI is InChI=1S/C18H20ClNO5/c1-11(21)15-16(12-6-8-13(19)9-7-12)20(18(25)17(15)24)10-4-2-3-5-14(22)23/h6-9,16,24H,2-5,10H2,1H3,(H,22,23)/p-1/t16-/m0/s1. The molecule has 0 bridgehead atoms. The number of carboxylic acid groups (broad SMARTS) is 1. The molecule has 0 radical (unpaired) electrons. The number of amides is 1. The third kappa shape index (κ3) is 4.39. The molecule has 1 amide bonds. The molecule has 1 aliphatic heterocycles. The van der Waals surface area contributed by atoms with Crippen LogP contribution in [-0.2, 0) is 14.4 Å². The predicted octanol–water partition coefficient (Wildman–Crippen LogP) is 1.93. The number of unbranched alkanes of at least 4 members (excludes halogenated alkanes) is 2. The van der Waals surface area contributed by atoms with Crippen molar-refractivity contribution in [3.05, 3.63) is 46.2 Å². The molecular formula is C18H19ClNO5-. The highest BCUT2D eigenvalue weighted by atomic mass is 35.5. The highest BCUT2D eigenvalue weighted by Gasteiger charge is 2.41. The van der Waals surface area contributed by atoms with Crippen LogP contribution < -0.4 is 5.11 Å². The first-order valence-corrected chi connectivity index (χ1v) is 8.41. The lowest BCUT2D eigenvalue weighted by Crippen LogP contribution is -2.32. The first-order chi connectivity index (χ1) is 11.8. The Balaban J connectivity index is 2.19. The van der Waals surface area contributed by atoms with Crippen LogP contribution in [0.1, 0.15) is 44.2 Å². The molecule has 0 fully saturated rings. The summed E-state index contributed by atoms with van der Waals surface area (Å²) in [6.07, 6.45) is 1.58. The van der Waals surface area contributed by atoms with Crippen LogP contribution in [0.15, 0.2) is 35.6 Å². The highest BCUT2D eigenvalue weighted by Crippen LogP contribution is 2.38. The van der Waals surface area contributed by atoms with Crippen LogP contribution in [0, 0.1) is 0 Å². The second-order valence-electron chi connectivity index (χ2n) is 5.95. The Kier molecular flexibility index (Phi) is 6.20. The molecule has 1 aromatic rings. The Morgan fingerprint density at radius 3 is 2.40 bits per heavy atom. The van der Waals surface area contributed by atoms with Gasteiger partial charge < -0.3 is 19.9 Å². The molecule has 1 N–H and O–H groups in total. The number of aliphatic carboxylic acids is 1. The number of carboxylic acids is 1. The average Bonchev–Trinajstić information content (AvgIpc) is 2.80. The number of hydrogen-bond donors (Lipinski definition) is 1. The summed E-state index contributed by atoms with van der Waals surface area (Å²) in [6, 6.07) is 6.08. The van der Waals surface area contributed by atoms with Gasteiger partial charge in [0.1, 0.15) is 0 Å². The topological polar surface area (TPSA) is 97.7 Å². The zero-order valence-corrected chi connectivity index (χ0v) is 14.6. The summed E-state index contributed by atoms with van der Waals surface area (Å²) in [5.41, 5.74) is 0.754.